The fourth-order valence-electron chi connectivity index (χ4n) is 2.87. The highest BCUT2D eigenvalue weighted by molar-refractivity contribution is 5.70. The predicted molar refractivity (Wildman–Crippen MR) is 103 cm³/mol. The summed E-state index contributed by atoms with van der Waals surface area (Å²) in [7, 11) is 3.13. The lowest BCUT2D eigenvalue weighted by Crippen LogP contribution is -1.94. The second-order valence-corrected chi connectivity index (χ2v) is 5.95. The van der Waals surface area contributed by atoms with Gasteiger partial charge in [0.1, 0.15) is 5.75 Å². The third kappa shape index (κ3) is 3.25. The summed E-state index contributed by atoms with van der Waals surface area (Å²) in [6.45, 7) is 0. The highest BCUT2D eigenvalue weighted by atomic mass is 16.5. The van der Waals surface area contributed by atoms with Crippen molar-refractivity contribution in [2.75, 3.05) is 14.2 Å². The molecule has 2 heterocycles. The molecule has 4 aromatic rings. The van der Waals surface area contributed by atoms with Crippen LogP contribution in [0.4, 0.5) is 0 Å². The monoisotopic (exact) mass is 375 g/mol. The number of aromatic nitrogens is 3. The van der Waals surface area contributed by atoms with Crippen molar-refractivity contribution in [3.63, 3.8) is 0 Å². The van der Waals surface area contributed by atoms with Crippen LogP contribution in [0.2, 0.25) is 0 Å². The molecule has 1 N–H and O–H groups in total. The Kier molecular flexibility index (Phi) is 4.63. The van der Waals surface area contributed by atoms with Crippen LogP contribution in [0.5, 0.6) is 17.2 Å². The summed E-state index contributed by atoms with van der Waals surface area (Å²) < 4.78 is 16.2. The second kappa shape index (κ2) is 7.40. The molecule has 7 heteroatoms. The van der Waals surface area contributed by atoms with E-state index in [-0.39, 0.29) is 5.75 Å². The maximum absolute atomic E-state index is 9.62. The van der Waals surface area contributed by atoms with Crippen LogP contribution in [0.15, 0.2) is 65.3 Å². The Labute approximate surface area is 161 Å². The lowest BCUT2D eigenvalue weighted by molar-refractivity contribution is 0.355. The van der Waals surface area contributed by atoms with Gasteiger partial charge in [-0.3, -0.25) is 4.98 Å². The number of pyridine rings is 1. The molecule has 0 aliphatic rings. The number of hydrogen-bond donors (Lipinski definition) is 1. The van der Waals surface area contributed by atoms with Crippen molar-refractivity contribution < 1.29 is 19.1 Å². The Morgan fingerprint density at radius 3 is 2.50 bits per heavy atom. The van der Waals surface area contributed by atoms with Crippen LogP contribution in [0.1, 0.15) is 0 Å². The fourth-order valence-corrected chi connectivity index (χ4v) is 2.87. The van der Waals surface area contributed by atoms with Gasteiger partial charge in [-0.25, -0.2) is 0 Å². The SMILES string of the molecule is COc1cccc(-c2noc(-c3ccc(-c4cccc(O)c4)nc3)n2)c1OC. The van der Waals surface area contributed by atoms with Crippen molar-refractivity contribution in [2.45, 2.75) is 0 Å². The third-order valence-corrected chi connectivity index (χ3v) is 4.22. The number of rotatable bonds is 5. The Bertz CT molecular complexity index is 1110. The van der Waals surface area contributed by atoms with Crippen molar-refractivity contribution in [3.05, 3.63) is 60.8 Å². The highest BCUT2D eigenvalue weighted by Crippen LogP contribution is 2.37. The van der Waals surface area contributed by atoms with Crippen molar-refractivity contribution >= 4 is 0 Å². The molecule has 0 fully saturated rings. The van der Waals surface area contributed by atoms with E-state index in [1.165, 1.54) is 0 Å². The van der Waals surface area contributed by atoms with Gasteiger partial charge in [0.05, 0.1) is 31.0 Å². The molecule has 4 rings (SSSR count). The number of benzene rings is 2. The normalized spacial score (nSPS) is 10.6. The topological polar surface area (TPSA) is 90.5 Å². The van der Waals surface area contributed by atoms with Crippen LogP contribution >= 0.6 is 0 Å². The number of aromatic hydroxyl groups is 1. The minimum absolute atomic E-state index is 0.192. The standard InChI is InChI=1S/C21H17N3O4/c1-26-18-8-4-7-16(19(18)27-2)20-23-21(28-24-20)14-9-10-17(22-12-14)13-5-3-6-15(25)11-13/h3-12,25H,1-2H3. The zero-order chi connectivity index (χ0) is 19.5. The smallest absolute Gasteiger partial charge is 0.259 e. The van der Waals surface area contributed by atoms with E-state index in [4.69, 9.17) is 14.0 Å². The van der Waals surface area contributed by atoms with Crippen LogP contribution in [-0.2, 0) is 0 Å². The Morgan fingerprint density at radius 2 is 1.79 bits per heavy atom. The Morgan fingerprint density at radius 1 is 0.929 bits per heavy atom. The van der Waals surface area contributed by atoms with E-state index in [0.29, 0.717) is 34.3 Å². The number of methoxy groups -OCH3 is 2. The first kappa shape index (κ1) is 17.5. The molecule has 2 aromatic carbocycles. The lowest BCUT2D eigenvalue weighted by Gasteiger charge is -2.09. The van der Waals surface area contributed by atoms with E-state index in [9.17, 15) is 5.11 Å². The molecule has 7 nitrogen and oxygen atoms in total. The first-order chi connectivity index (χ1) is 13.7. The minimum Gasteiger partial charge on any atom is -0.508 e. The Hall–Kier alpha value is -3.87. The zero-order valence-corrected chi connectivity index (χ0v) is 15.3. The quantitative estimate of drug-likeness (QED) is 0.559. The summed E-state index contributed by atoms with van der Waals surface area (Å²) in [5, 5.41) is 13.7. The van der Waals surface area contributed by atoms with Crippen LogP contribution in [0, 0.1) is 0 Å². The molecule has 2 aromatic heterocycles. The Balaban J connectivity index is 1.65. The maximum Gasteiger partial charge on any atom is 0.259 e. The number of phenols is 1. The van der Waals surface area contributed by atoms with E-state index < -0.39 is 0 Å². The largest absolute Gasteiger partial charge is 0.508 e. The molecule has 0 aliphatic carbocycles. The van der Waals surface area contributed by atoms with E-state index in [1.807, 2.05) is 30.3 Å². The molecule has 140 valence electrons. The van der Waals surface area contributed by atoms with Gasteiger partial charge in [0.15, 0.2) is 11.5 Å². The van der Waals surface area contributed by atoms with E-state index in [1.54, 1.807) is 44.7 Å². The van der Waals surface area contributed by atoms with E-state index in [0.717, 1.165) is 11.3 Å². The minimum atomic E-state index is 0.192. The van der Waals surface area contributed by atoms with E-state index in [2.05, 4.69) is 15.1 Å². The molecule has 28 heavy (non-hydrogen) atoms. The first-order valence-electron chi connectivity index (χ1n) is 8.50. The second-order valence-electron chi connectivity index (χ2n) is 5.95. The molecule has 0 aliphatic heterocycles. The average molecular weight is 375 g/mol. The molecule has 0 unspecified atom stereocenters. The average Bonchev–Trinajstić information content (AvgIpc) is 3.23. The van der Waals surface area contributed by atoms with Gasteiger partial charge in [0, 0.05) is 11.8 Å². The molecular formula is C21H17N3O4. The number of phenolic OH excluding ortho intramolecular Hbond substituents is 1. The van der Waals surface area contributed by atoms with Gasteiger partial charge in [0.25, 0.3) is 5.89 Å². The zero-order valence-electron chi connectivity index (χ0n) is 15.3. The molecule has 0 amide bonds. The van der Waals surface area contributed by atoms with Gasteiger partial charge >= 0.3 is 0 Å². The van der Waals surface area contributed by atoms with Crippen molar-refractivity contribution in [3.8, 4) is 51.3 Å². The summed E-state index contributed by atoms with van der Waals surface area (Å²) in [6, 6.07) is 16.1. The number of ether oxygens (including phenoxy) is 2. The summed E-state index contributed by atoms with van der Waals surface area (Å²) in [5.41, 5.74) is 2.90. The number of nitrogens with zero attached hydrogens (tertiary/aromatic N) is 3. The summed E-state index contributed by atoms with van der Waals surface area (Å²) >= 11 is 0. The predicted octanol–water partition coefficient (Wildman–Crippen LogP) is 4.19. The number of hydrogen-bond acceptors (Lipinski definition) is 7. The molecule has 0 radical (unpaired) electrons. The van der Waals surface area contributed by atoms with Crippen molar-refractivity contribution in [2.24, 2.45) is 0 Å². The van der Waals surface area contributed by atoms with E-state index >= 15 is 0 Å². The van der Waals surface area contributed by atoms with Crippen LogP contribution < -0.4 is 9.47 Å². The van der Waals surface area contributed by atoms with Gasteiger partial charge in [-0.1, -0.05) is 23.4 Å². The molecular weight excluding hydrogens is 358 g/mol. The molecule has 0 atom stereocenters. The number of para-hydroxylation sites is 1. The van der Waals surface area contributed by atoms with Gasteiger partial charge in [0.2, 0.25) is 5.82 Å². The summed E-state index contributed by atoms with van der Waals surface area (Å²) in [6.07, 6.45) is 1.65. The van der Waals surface area contributed by atoms with Gasteiger partial charge in [-0.2, -0.15) is 4.98 Å². The van der Waals surface area contributed by atoms with Crippen LogP contribution in [-0.4, -0.2) is 34.5 Å². The van der Waals surface area contributed by atoms with Crippen LogP contribution in [0.25, 0.3) is 34.1 Å². The summed E-state index contributed by atoms with van der Waals surface area (Å²) in [5.74, 6) is 2.05. The van der Waals surface area contributed by atoms with Gasteiger partial charge < -0.3 is 19.1 Å². The molecule has 0 spiro atoms. The fraction of sp³-hybridized carbons (Fsp3) is 0.0952. The van der Waals surface area contributed by atoms with Crippen molar-refractivity contribution in [1.29, 1.82) is 0 Å². The molecule has 0 saturated heterocycles. The maximum atomic E-state index is 9.62. The first-order valence-corrected chi connectivity index (χ1v) is 8.50. The molecule has 0 saturated carbocycles. The third-order valence-electron chi connectivity index (χ3n) is 4.22. The summed E-state index contributed by atoms with van der Waals surface area (Å²) in [4.78, 5) is 8.88. The lowest BCUT2D eigenvalue weighted by atomic mass is 10.1. The highest BCUT2D eigenvalue weighted by Gasteiger charge is 2.17. The van der Waals surface area contributed by atoms with Crippen molar-refractivity contribution in [1.82, 2.24) is 15.1 Å². The molecule has 0 bridgehead atoms. The van der Waals surface area contributed by atoms with Gasteiger partial charge in [-0.05, 0) is 36.4 Å². The van der Waals surface area contributed by atoms with Gasteiger partial charge in [-0.15, -0.1) is 0 Å². The van der Waals surface area contributed by atoms with Crippen LogP contribution in [0.3, 0.4) is 0 Å².